The Kier molecular flexibility index (Phi) is 3290. The van der Waals surface area contributed by atoms with Crippen LogP contribution < -0.4 is 0 Å². The fraction of sp³-hybridized carbons (Fsp3) is 1.00. The first kappa shape index (κ1) is 175. The van der Waals surface area contributed by atoms with Crippen LogP contribution in [0.15, 0.2) is 0 Å². The summed E-state index contributed by atoms with van der Waals surface area (Å²) in [6.45, 7) is 1.93. The van der Waals surface area contributed by atoms with Gasteiger partial charge < -0.3 is 38.0 Å². The zero-order chi connectivity index (χ0) is 2.71. The predicted molar refractivity (Wildman–Crippen MR) is 56.2 cm³/mol. The summed E-state index contributed by atoms with van der Waals surface area (Å²) < 4.78 is 0. The monoisotopic (exact) mass is 415 g/mol. The molecule has 0 spiro atoms. The van der Waals surface area contributed by atoms with Crippen LogP contribution in [0.25, 0.3) is 0 Å². The molecular formula is C2H21Cl3EuO7. The van der Waals surface area contributed by atoms with E-state index in [-0.39, 0.29) is 126 Å². The molecule has 0 aromatic heterocycles. The van der Waals surface area contributed by atoms with E-state index in [4.69, 9.17) is 5.11 Å². The molecule has 0 saturated heterocycles. The van der Waals surface area contributed by atoms with Crippen LogP contribution in [0.1, 0.15) is 6.92 Å². The van der Waals surface area contributed by atoms with E-state index >= 15 is 0 Å². The summed E-state index contributed by atoms with van der Waals surface area (Å²) in [4.78, 5) is 0. The Morgan fingerprint density at radius 2 is 0.692 bits per heavy atom. The van der Waals surface area contributed by atoms with E-state index in [0.29, 0.717) is 0 Å². The summed E-state index contributed by atoms with van der Waals surface area (Å²) >= 11 is 0. The first-order chi connectivity index (χ1) is 1.41. The Morgan fingerprint density at radius 3 is 0.692 bits per heavy atom. The van der Waals surface area contributed by atoms with E-state index in [1.54, 1.807) is 6.92 Å². The SMILES string of the molecule is CCO.Cl.Cl.Cl.O.O.O.O.O.O.[Eu]. The maximum atomic E-state index is 7.57. The third kappa shape index (κ3) is 444. The molecule has 0 aliphatic heterocycles. The summed E-state index contributed by atoms with van der Waals surface area (Å²) in [5.74, 6) is 0. The van der Waals surface area contributed by atoms with E-state index in [2.05, 4.69) is 0 Å². The molecule has 0 aromatic rings. The number of rotatable bonds is 0. The minimum absolute atomic E-state index is 0. The molecule has 0 unspecified atom stereocenters. The minimum atomic E-state index is 0. The summed E-state index contributed by atoms with van der Waals surface area (Å²) in [6.07, 6.45) is 0. The molecule has 0 saturated carbocycles. The van der Waals surface area contributed by atoms with Crippen molar-refractivity contribution in [3.8, 4) is 0 Å². The fourth-order valence-electron chi connectivity index (χ4n) is 0. The number of aliphatic hydroxyl groups is 1. The molecule has 0 aromatic carbocycles. The van der Waals surface area contributed by atoms with Gasteiger partial charge >= 0.3 is 0 Å². The van der Waals surface area contributed by atoms with Gasteiger partial charge in [0.05, 0.1) is 0 Å². The van der Waals surface area contributed by atoms with Gasteiger partial charge in [0.1, 0.15) is 0 Å². The van der Waals surface area contributed by atoms with Crippen molar-refractivity contribution >= 4 is 37.2 Å². The second-order valence-electron chi connectivity index (χ2n) is 0.316. The Hall–Kier alpha value is 2.17. The van der Waals surface area contributed by atoms with E-state index in [9.17, 15) is 0 Å². The standard InChI is InChI=1S/C2H6O.3ClH.Eu.6H2O/c1-2-3;;;;;;;;;;/h3H,2H2,1H3;3*1H;;6*1H2. The predicted octanol–water partition coefficient (Wildman–Crippen LogP) is -3.68. The molecule has 0 amide bonds. The molecule has 0 heterocycles. The van der Waals surface area contributed by atoms with Crippen LogP contribution in [-0.4, -0.2) is 44.6 Å². The van der Waals surface area contributed by atoms with Gasteiger partial charge in [-0.15, -0.1) is 37.2 Å². The molecule has 7 nitrogen and oxygen atoms in total. The van der Waals surface area contributed by atoms with Crippen LogP contribution in [0.5, 0.6) is 0 Å². The average Bonchev–Trinajstić information content (AvgIpc) is 0.918. The fourth-order valence-corrected chi connectivity index (χ4v) is 0. The van der Waals surface area contributed by atoms with Crippen molar-refractivity contribution < 1.29 is 87.3 Å². The van der Waals surface area contributed by atoms with Crippen molar-refractivity contribution in [2.75, 3.05) is 6.61 Å². The van der Waals surface area contributed by atoms with E-state index in [0.717, 1.165) is 0 Å². The van der Waals surface area contributed by atoms with Gasteiger partial charge in [0, 0.05) is 56.0 Å². The van der Waals surface area contributed by atoms with Gasteiger partial charge in [-0.25, -0.2) is 0 Å². The molecule has 0 fully saturated rings. The summed E-state index contributed by atoms with van der Waals surface area (Å²) in [6, 6.07) is 0. The molecule has 99 valence electrons. The third-order valence-electron chi connectivity index (χ3n) is 0. The zero-order valence-corrected chi connectivity index (χ0v) is 11.6. The molecule has 1 radical (unpaired) electrons. The molecular weight excluding hydrogens is 394 g/mol. The largest absolute Gasteiger partial charge is 0.412 e. The van der Waals surface area contributed by atoms with Crippen molar-refractivity contribution in [1.29, 1.82) is 0 Å². The third-order valence-corrected chi connectivity index (χ3v) is 0. The van der Waals surface area contributed by atoms with Crippen molar-refractivity contribution in [1.82, 2.24) is 0 Å². The number of hydrogen-bond donors (Lipinski definition) is 1. The van der Waals surface area contributed by atoms with Crippen molar-refractivity contribution in [3.05, 3.63) is 0 Å². The molecule has 0 aliphatic carbocycles. The van der Waals surface area contributed by atoms with Crippen molar-refractivity contribution in [2.24, 2.45) is 0 Å². The average molecular weight is 416 g/mol. The van der Waals surface area contributed by atoms with Crippen molar-refractivity contribution in [2.45, 2.75) is 6.92 Å². The maximum Gasteiger partial charge on any atom is 0.0402 e. The normalized spacial score (nSPS) is 1.38. The molecule has 11 heteroatoms. The molecule has 0 rings (SSSR count). The van der Waals surface area contributed by atoms with E-state index in [1.807, 2.05) is 0 Å². The smallest absolute Gasteiger partial charge is 0.0402 e. The molecule has 0 aliphatic rings. The van der Waals surface area contributed by atoms with Crippen LogP contribution >= 0.6 is 37.2 Å². The Morgan fingerprint density at radius 1 is 0.692 bits per heavy atom. The topological polar surface area (TPSA) is 209 Å². The van der Waals surface area contributed by atoms with Gasteiger partial charge in [0.2, 0.25) is 0 Å². The quantitative estimate of drug-likeness (QED) is 0.416. The summed E-state index contributed by atoms with van der Waals surface area (Å²) in [5, 5.41) is 7.57. The number of aliphatic hydroxyl groups excluding tert-OH is 1. The second kappa shape index (κ2) is 244. The number of hydrogen-bond acceptors (Lipinski definition) is 1. The number of halogens is 3. The van der Waals surface area contributed by atoms with E-state index < -0.39 is 0 Å². The zero-order valence-electron chi connectivity index (χ0n) is 6.76. The maximum absolute atomic E-state index is 7.57. The van der Waals surface area contributed by atoms with Gasteiger partial charge in [-0.2, -0.15) is 0 Å². The molecule has 13 N–H and O–H groups in total. The van der Waals surface area contributed by atoms with E-state index in [1.165, 1.54) is 0 Å². The van der Waals surface area contributed by atoms with Crippen LogP contribution in [-0.2, 0) is 0 Å². The van der Waals surface area contributed by atoms with Crippen molar-refractivity contribution in [3.63, 3.8) is 0 Å². The van der Waals surface area contributed by atoms with Gasteiger partial charge in [0.25, 0.3) is 0 Å². The van der Waals surface area contributed by atoms with Gasteiger partial charge in [-0.05, 0) is 6.92 Å². The van der Waals surface area contributed by atoms with Crippen LogP contribution in [0.3, 0.4) is 0 Å². The molecule has 13 heavy (non-hydrogen) atoms. The second-order valence-corrected chi connectivity index (χ2v) is 0.316. The molecule has 0 atom stereocenters. The Balaban J connectivity index is -0.000000000444. The Labute approximate surface area is 136 Å². The summed E-state index contributed by atoms with van der Waals surface area (Å²) in [5.41, 5.74) is 0. The first-order valence-corrected chi connectivity index (χ1v) is 1.02. The Bertz CT molecular complexity index is 21.7. The summed E-state index contributed by atoms with van der Waals surface area (Å²) in [7, 11) is 0. The van der Waals surface area contributed by atoms with Gasteiger partial charge in [-0.1, -0.05) is 0 Å². The molecule has 0 bridgehead atoms. The first-order valence-electron chi connectivity index (χ1n) is 1.02. The van der Waals surface area contributed by atoms with Gasteiger partial charge in [0.15, 0.2) is 0 Å². The van der Waals surface area contributed by atoms with Crippen LogP contribution in [0, 0.1) is 49.4 Å². The minimum Gasteiger partial charge on any atom is -0.412 e. The van der Waals surface area contributed by atoms with Gasteiger partial charge in [-0.3, -0.25) is 0 Å². The van der Waals surface area contributed by atoms with Crippen LogP contribution in [0.4, 0.5) is 0 Å². The van der Waals surface area contributed by atoms with Crippen LogP contribution in [0.2, 0.25) is 0 Å².